The van der Waals surface area contributed by atoms with E-state index in [1.165, 1.54) is 16.8 Å². The van der Waals surface area contributed by atoms with Crippen LogP contribution in [0.5, 0.6) is 0 Å². The number of H-pyrrole nitrogens is 1. The number of hydrogen-bond acceptors (Lipinski definition) is 5. The lowest BCUT2D eigenvalue weighted by Crippen LogP contribution is -2.42. The molecule has 1 aliphatic rings. The van der Waals surface area contributed by atoms with Crippen molar-refractivity contribution in [1.82, 2.24) is 9.55 Å². The number of ether oxygens (including phenoxy) is 1. The molecule has 30 heavy (non-hydrogen) atoms. The van der Waals surface area contributed by atoms with Crippen LogP contribution in [0.1, 0.15) is 27.0 Å². The first-order valence-corrected chi connectivity index (χ1v) is 13.8. The summed E-state index contributed by atoms with van der Waals surface area (Å²) in [5.41, 5.74) is -1.11. The molecule has 3 atom stereocenters. The maximum atomic E-state index is 13.3. The predicted octanol–water partition coefficient (Wildman–Crippen LogP) is 3.15. The van der Waals surface area contributed by atoms with E-state index in [1.54, 1.807) is 18.2 Å². The van der Waals surface area contributed by atoms with Crippen LogP contribution in [0, 0.1) is 0 Å². The van der Waals surface area contributed by atoms with E-state index in [0.29, 0.717) is 16.4 Å². The first kappa shape index (κ1) is 22.6. The van der Waals surface area contributed by atoms with E-state index in [1.807, 2.05) is 18.2 Å². The van der Waals surface area contributed by atoms with Crippen LogP contribution in [0.25, 0.3) is 0 Å². The van der Waals surface area contributed by atoms with Gasteiger partial charge in [-0.15, -0.1) is 0 Å². The van der Waals surface area contributed by atoms with Crippen LogP contribution in [0.3, 0.4) is 0 Å². The number of nitrogens with one attached hydrogen (secondary N) is 1. The lowest BCUT2D eigenvalue weighted by Gasteiger charge is -2.36. The van der Waals surface area contributed by atoms with Gasteiger partial charge >= 0.3 is 5.69 Å². The van der Waals surface area contributed by atoms with E-state index < -0.39 is 42.7 Å². The zero-order chi connectivity index (χ0) is 22.1. The van der Waals surface area contributed by atoms with E-state index in [0.717, 1.165) is 0 Å². The van der Waals surface area contributed by atoms with Gasteiger partial charge in [-0.1, -0.05) is 39.0 Å². The molecular formula is C21H28N2O5SSi. The Bertz CT molecular complexity index is 1070. The Kier molecular flexibility index (Phi) is 6.47. The van der Waals surface area contributed by atoms with Crippen molar-refractivity contribution in [2.24, 2.45) is 0 Å². The Labute approximate surface area is 179 Å². The second-order valence-corrected chi connectivity index (χ2v) is 15.1. The van der Waals surface area contributed by atoms with E-state index in [4.69, 9.17) is 9.16 Å². The molecule has 1 N–H and O–H groups in total. The minimum Gasteiger partial charge on any atom is -0.414 e. The summed E-state index contributed by atoms with van der Waals surface area (Å²) >= 11 is 0. The molecule has 2 heterocycles. The van der Waals surface area contributed by atoms with Gasteiger partial charge < -0.3 is 9.16 Å². The van der Waals surface area contributed by atoms with Gasteiger partial charge in [-0.05, 0) is 36.3 Å². The number of benzene rings is 1. The Morgan fingerprint density at radius 2 is 1.83 bits per heavy atom. The largest absolute Gasteiger partial charge is 0.414 e. The Hall–Kier alpha value is -2.07. The van der Waals surface area contributed by atoms with Gasteiger partial charge in [0, 0.05) is 17.2 Å². The average molecular weight is 449 g/mol. The van der Waals surface area contributed by atoms with Crippen molar-refractivity contribution >= 4 is 19.1 Å². The molecule has 1 aromatic heterocycles. The Morgan fingerprint density at radius 3 is 2.43 bits per heavy atom. The number of aromatic nitrogens is 2. The zero-order valence-electron chi connectivity index (χ0n) is 17.9. The maximum absolute atomic E-state index is 13.3. The SMILES string of the molecule is CC(C)(C)[Si](C)(C)OC[C@@H]1C=C(S(=O)c2ccccc2)[C@H](n2ccc(=O)[nH]c2=O)O1. The summed E-state index contributed by atoms with van der Waals surface area (Å²) in [6.07, 6.45) is 1.80. The number of nitrogens with zero attached hydrogens (tertiary/aromatic N) is 1. The monoisotopic (exact) mass is 448 g/mol. The van der Waals surface area contributed by atoms with Gasteiger partial charge in [0.05, 0.1) is 22.3 Å². The molecule has 2 aromatic rings. The van der Waals surface area contributed by atoms with Crippen molar-refractivity contribution in [3.8, 4) is 0 Å². The van der Waals surface area contributed by atoms with Gasteiger partial charge in [-0.25, -0.2) is 9.00 Å². The second kappa shape index (κ2) is 8.58. The van der Waals surface area contributed by atoms with Crippen molar-refractivity contribution in [2.45, 2.75) is 56.1 Å². The van der Waals surface area contributed by atoms with E-state index >= 15 is 0 Å². The summed E-state index contributed by atoms with van der Waals surface area (Å²) in [6.45, 7) is 11.1. The average Bonchev–Trinajstić information content (AvgIpc) is 3.09. The maximum Gasteiger partial charge on any atom is 0.330 e. The fraction of sp³-hybridized carbons (Fsp3) is 0.429. The molecule has 3 rings (SSSR count). The standard InChI is InChI=1S/C21H28N2O5SSi/c1-21(2,3)30(4,5)27-14-15-13-17(29(26)16-9-7-6-8-10-16)19(28-15)23-12-11-18(24)22-20(23)25/h6-13,15,19H,14H2,1-5H3,(H,22,24,25)/t15-,19+,29?/m0/s1. The van der Waals surface area contributed by atoms with Crippen molar-refractivity contribution in [3.05, 3.63) is 74.4 Å². The first-order chi connectivity index (χ1) is 14.0. The van der Waals surface area contributed by atoms with Gasteiger partial charge in [-0.3, -0.25) is 14.3 Å². The molecule has 0 bridgehead atoms. The third-order valence-electron chi connectivity index (χ3n) is 5.59. The number of aromatic amines is 1. The van der Waals surface area contributed by atoms with Gasteiger partial charge in [0.2, 0.25) is 0 Å². The van der Waals surface area contributed by atoms with Gasteiger partial charge in [0.25, 0.3) is 5.56 Å². The van der Waals surface area contributed by atoms with Crippen LogP contribution >= 0.6 is 0 Å². The highest BCUT2D eigenvalue weighted by molar-refractivity contribution is 7.89. The molecule has 0 amide bonds. The lowest BCUT2D eigenvalue weighted by atomic mass is 10.2. The fourth-order valence-electron chi connectivity index (χ4n) is 2.78. The van der Waals surface area contributed by atoms with E-state index in [9.17, 15) is 13.8 Å². The third-order valence-corrected chi connectivity index (χ3v) is 11.6. The summed E-state index contributed by atoms with van der Waals surface area (Å²) < 4.78 is 26.9. The van der Waals surface area contributed by atoms with E-state index in [-0.39, 0.29) is 5.04 Å². The normalized spacial score (nSPS) is 20.8. The van der Waals surface area contributed by atoms with Crippen molar-refractivity contribution in [3.63, 3.8) is 0 Å². The quantitative estimate of drug-likeness (QED) is 0.686. The topological polar surface area (TPSA) is 90.4 Å². The molecule has 0 spiro atoms. The van der Waals surface area contributed by atoms with Crippen LogP contribution in [-0.4, -0.2) is 34.8 Å². The summed E-state index contributed by atoms with van der Waals surface area (Å²) in [5, 5.41) is 0.0419. The summed E-state index contributed by atoms with van der Waals surface area (Å²) in [7, 11) is -3.53. The van der Waals surface area contributed by atoms with Crippen LogP contribution < -0.4 is 11.2 Å². The van der Waals surface area contributed by atoms with Crippen LogP contribution in [0.15, 0.2) is 68.1 Å². The summed E-state index contributed by atoms with van der Waals surface area (Å²) in [4.78, 5) is 27.1. The highest BCUT2D eigenvalue weighted by atomic mass is 32.2. The second-order valence-electron chi connectivity index (χ2n) is 8.77. The molecular weight excluding hydrogens is 420 g/mol. The Morgan fingerprint density at radius 1 is 1.17 bits per heavy atom. The molecule has 162 valence electrons. The lowest BCUT2D eigenvalue weighted by molar-refractivity contribution is -0.00929. The summed E-state index contributed by atoms with van der Waals surface area (Å²) in [6, 6.07) is 10.2. The van der Waals surface area contributed by atoms with Gasteiger partial charge in [-0.2, -0.15) is 0 Å². The highest BCUT2D eigenvalue weighted by Crippen LogP contribution is 2.38. The molecule has 0 saturated carbocycles. The van der Waals surface area contributed by atoms with Gasteiger partial charge in [0.15, 0.2) is 14.5 Å². The van der Waals surface area contributed by atoms with Crippen LogP contribution in [0.2, 0.25) is 18.1 Å². The minimum atomic E-state index is -2.01. The number of rotatable bonds is 6. The predicted molar refractivity (Wildman–Crippen MR) is 119 cm³/mol. The molecule has 1 aliphatic heterocycles. The van der Waals surface area contributed by atoms with Crippen LogP contribution in [-0.2, 0) is 20.0 Å². The van der Waals surface area contributed by atoms with E-state index in [2.05, 4.69) is 38.8 Å². The highest BCUT2D eigenvalue weighted by Gasteiger charge is 2.39. The number of hydrogen-bond donors (Lipinski definition) is 1. The molecule has 1 aromatic carbocycles. The molecule has 0 saturated heterocycles. The smallest absolute Gasteiger partial charge is 0.330 e. The van der Waals surface area contributed by atoms with Crippen LogP contribution in [0.4, 0.5) is 0 Å². The third kappa shape index (κ3) is 4.80. The Balaban J connectivity index is 1.92. The zero-order valence-corrected chi connectivity index (χ0v) is 19.7. The fourth-order valence-corrected chi connectivity index (χ4v) is 5.10. The molecule has 0 radical (unpaired) electrons. The first-order valence-electron chi connectivity index (χ1n) is 9.79. The van der Waals surface area contributed by atoms with Crippen molar-refractivity contribution < 1.29 is 13.4 Å². The minimum absolute atomic E-state index is 0.0419. The van der Waals surface area contributed by atoms with Crippen molar-refractivity contribution in [1.29, 1.82) is 0 Å². The van der Waals surface area contributed by atoms with Gasteiger partial charge in [0.1, 0.15) is 6.10 Å². The molecule has 0 aliphatic carbocycles. The van der Waals surface area contributed by atoms with Crippen molar-refractivity contribution in [2.75, 3.05) is 6.61 Å². The summed E-state index contributed by atoms with van der Waals surface area (Å²) in [5.74, 6) is 0. The molecule has 1 unspecified atom stereocenters. The molecule has 0 fully saturated rings. The molecule has 7 nitrogen and oxygen atoms in total. The molecule has 9 heteroatoms.